The summed E-state index contributed by atoms with van der Waals surface area (Å²) in [5.41, 5.74) is -0.288. The van der Waals surface area contributed by atoms with E-state index in [2.05, 4.69) is 16.0 Å². The van der Waals surface area contributed by atoms with E-state index in [0.717, 1.165) is 17.1 Å². The quantitative estimate of drug-likeness (QED) is 0.350. The minimum atomic E-state index is -3.90. The zero-order valence-corrected chi connectivity index (χ0v) is 19.5. The summed E-state index contributed by atoms with van der Waals surface area (Å²) < 4.78 is 26.3. The second kappa shape index (κ2) is 9.87. The standard InChI is InChI=1S/C21H29N5O6S/c1-15(27)23-16-6-8-17(9-7-16)33(31,32)25(2)14-18(28)22-12-5-13-26-19(29)21(24-20(26)30)10-3-4-11-21/h6-9H,3-5,10-14H2,1-2H3,(H,22,28)(H,23,27)(H,24,30). The van der Waals surface area contributed by atoms with Crippen LogP contribution in [0.15, 0.2) is 29.2 Å². The summed E-state index contributed by atoms with van der Waals surface area (Å²) in [6.07, 6.45) is 3.49. The van der Waals surface area contributed by atoms with E-state index >= 15 is 0 Å². The highest BCUT2D eigenvalue weighted by Crippen LogP contribution is 2.34. The van der Waals surface area contributed by atoms with Crippen LogP contribution in [0.25, 0.3) is 0 Å². The minimum Gasteiger partial charge on any atom is -0.355 e. The molecule has 0 bridgehead atoms. The number of sulfonamides is 1. The number of carbonyl (C=O) groups is 4. The molecule has 1 aromatic rings. The van der Waals surface area contributed by atoms with Gasteiger partial charge in [-0.1, -0.05) is 12.8 Å². The third kappa shape index (κ3) is 5.50. The lowest BCUT2D eigenvalue weighted by molar-refractivity contribution is -0.131. The van der Waals surface area contributed by atoms with Gasteiger partial charge in [0.2, 0.25) is 21.8 Å². The molecule has 0 aromatic heterocycles. The summed E-state index contributed by atoms with van der Waals surface area (Å²) in [7, 11) is -2.60. The van der Waals surface area contributed by atoms with Gasteiger partial charge < -0.3 is 16.0 Å². The van der Waals surface area contributed by atoms with Crippen LogP contribution in [0.2, 0.25) is 0 Å². The van der Waals surface area contributed by atoms with E-state index in [1.54, 1.807) is 0 Å². The lowest BCUT2D eigenvalue weighted by Gasteiger charge is -2.20. The Bertz CT molecular complexity index is 1030. The van der Waals surface area contributed by atoms with Gasteiger partial charge in [-0.05, 0) is 43.5 Å². The summed E-state index contributed by atoms with van der Waals surface area (Å²) in [4.78, 5) is 49.2. The van der Waals surface area contributed by atoms with Crippen LogP contribution in [0, 0.1) is 0 Å². The Hall–Kier alpha value is -2.99. The fourth-order valence-corrected chi connectivity index (χ4v) is 5.23. The largest absolute Gasteiger partial charge is 0.355 e. The van der Waals surface area contributed by atoms with E-state index in [9.17, 15) is 27.6 Å². The second-order valence-electron chi connectivity index (χ2n) is 8.35. The summed E-state index contributed by atoms with van der Waals surface area (Å²) in [5, 5.41) is 7.98. The molecular weight excluding hydrogens is 450 g/mol. The molecule has 1 aliphatic carbocycles. The molecule has 0 radical (unpaired) electrons. The maximum Gasteiger partial charge on any atom is 0.325 e. The van der Waals surface area contributed by atoms with Crippen LogP contribution in [0.3, 0.4) is 0 Å². The van der Waals surface area contributed by atoms with Crippen LogP contribution >= 0.6 is 0 Å². The van der Waals surface area contributed by atoms with Gasteiger partial charge in [-0.3, -0.25) is 19.3 Å². The lowest BCUT2D eigenvalue weighted by Crippen LogP contribution is -2.44. The van der Waals surface area contributed by atoms with Gasteiger partial charge in [0.15, 0.2) is 0 Å². The van der Waals surface area contributed by atoms with Gasteiger partial charge in [-0.15, -0.1) is 0 Å². The number of hydrogen-bond acceptors (Lipinski definition) is 6. The third-order valence-corrected chi connectivity index (χ3v) is 7.65. The average molecular weight is 480 g/mol. The number of imide groups is 1. The molecule has 2 aliphatic rings. The molecule has 3 rings (SSSR count). The maximum atomic E-state index is 12.7. The topological polar surface area (TPSA) is 145 Å². The Kier molecular flexibility index (Phi) is 7.38. The predicted octanol–water partition coefficient (Wildman–Crippen LogP) is 0.636. The van der Waals surface area contributed by atoms with E-state index in [0.29, 0.717) is 24.9 Å². The molecule has 11 nitrogen and oxygen atoms in total. The number of hydrogen-bond donors (Lipinski definition) is 3. The third-order valence-electron chi connectivity index (χ3n) is 5.83. The van der Waals surface area contributed by atoms with Gasteiger partial charge in [0.1, 0.15) is 5.54 Å². The van der Waals surface area contributed by atoms with Crippen molar-refractivity contribution < 1.29 is 27.6 Å². The van der Waals surface area contributed by atoms with Crippen LogP contribution in [-0.2, 0) is 24.4 Å². The molecule has 180 valence electrons. The van der Waals surface area contributed by atoms with Crippen molar-refractivity contribution in [3.05, 3.63) is 24.3 Å². The van der Waals surface area contributed by atoms with Crippen LogP contribution < -0.4 is 16.0 Å². The van der Waals surface area contributed by atoms with E-state index in [-0.39, 0.29) is 36.3 Å². The van der Waals surface area contributed by atoms with Crippen molar-refractivity contribution in [1.82, 2.24) is 19.8 Å². The zero-order valence-electron chi connectivity index (χ0n) is 18.7. The number of anilines is 1. The molecule has 3 N–H and O–H groups in total. The van der Waals surface area contributed by atoms with Gasteiger partial charge in [-0.2, -0.15) is 4.31 Å². The Morgan fingerprint density at radius 2 is 1.79 bits per heavy atom. The zero-order chi connectivity index (χ0) is 24.2. The van der Waals surface area contributed by atoms with Crippen LogP contribution in [0.1, 0.15) is 39.0 Å². The van der Waals surface area contributed by atoms with Crippen molar-refractivity contribution >= 4 is 39.5 Å². The average Bonchev–Trinajstić information content (AvgIpc) is 3.30. The van der Waals surface area contributed by atoms with Crippen LogP contribution in [0.5, 0.6) is 0 Å². The van der Waals surface area contributed by atoms with Crippen molar-refractivity contribution in [1.29, 1.82) is 0 Å². The Morgan fingerprint density at radius 3 is 2.39 bits per heavy atom. The maximum absolute atomic E-state index is 12.7. The first kappa shape index (κ1) is 24.6. The molecule has 0 atom stereocenters. The Balaban J connectivity index is 1.45. The first-order valence-corrected chi connectivity index (χ1v) is 12.2. The molecule has 2 fully saturated rings. The van der Waals surface area contributed by atoms with Crippen molar-refractivity contribution in [2.75, 3.05) is 32.0 Å². The number of nitrogens with one attached hydrogen (secondary N) is 3. The normalized spacial score (nSPS) is 17.5. The number of rotatable bonds is 9. The van der Waals surface area contributed by atoms with Crippen molar-refractivity contribution in [3.63, 3.8) is 0 Å². The molecule has 33 heavy (non-hydrogen) atoms. The van der Waals surface area contributed by atoms with E-state index < -0.39 is 27.5 Å². The molecule has 12 heteroatoms. The van der Waals surface area contributed by atoms with Crippen molar-refractivity contribution in [3.8, 4) is 0 Å². The SMILES string of the molecule is CC(=O)Nc1ccc(S(=O)(=O)N(C)CC(=O)NCCCN2C(=O)NC3(CCCC3)C2=O)cc1. The van der Waals surface area contributed by atoms with Gasteiger partial charge in [-0.25, -0.2) is 13.2 Å². The number of benzene rings is 1. The molecular formula is C21H29N5O6S. The molecule has 1 saturated carbocycles. The molecule has 1 heterocycles. The number of nitrogens with zero attached hydrogens (tertiary/aromatic N) is 2. The highest BCUT2D eigenvalue weighted by Gasteiger charge is 2.51. The summed E-state index contributed by atoms with van der Waals surface area (Å²) in [6, 6.07) is 5.24. The number of carbonyl (C=O) groups excluding carboxylic acids is 4. The van der Waals surface area contributed by atoms with Gasteiger partial charge in [0, 0.05) is 32.7 Å². The van der Waals surface area contributed by atoms with Gasteiger partial charge in [0.05, 0.1) is 11.4 Å². The molecule has 1 aromatic carbocycles. The number of urea groups is 1. The highest BCUT2D eigenvalue weighted by atomic mass is 32.2. The fraction of sp³-hybridized carbons (Fsp3) is 0.524. The van der Waals surface area contributed by atoms with Crippen molar-refractivity contribution in [2.45, 2.75) is 49.5 Å². The molecule has 1 saturated heterocycles. The fourth-order valence-electron chi connectivity index (χ4n) is 4.10. The minimum absolute atomic E-state index is 0.00805. The Labute approximate surface area is 192 Å². The second-order valence-corrected chi connectivity index (χ2v) is 10.4. The lowest BCUT2D eigenvalue weighted by atomic mass is 9.98. The molecule has 0 unspecified atom stereocenters. The van der Waals surface area contributed by atoms with Crippen LogP contribution in [0.4, 0.5) is 10.5 Å². The Morgan fingerprint density at radius 1 is 1.15 bits per heavy atom. The molecule has 5 amide bonds. The molecule has 1 spiro atoms. The highest BCUT2D eigenvalue weighted by molar-refractivity contribution is 7.89. The van der Waals surface area contributed by atoms with E-state index in [1.807, 2.05) is 0 Å². The predicted molar refractivity (Wildman–Crippen MR) is 120 cm³/mol. The summed E-state index contributed by atoms with van der Waals surface area (Å²) >= 11 is 0. The monoisotopic (exact) mass is 479 g/mol. The van der Waals surface area contributed by atoms with Gasteiger partial charge >= 0.3 is 6.03 Å². The van der Waals surface area contributed by atoms with E-state index in [1.165, 1.54) is 43.1 Å². The first-order chi connectivity index (χ1) is 15.5. The molecule has 1 aliphatic heterocycles. The number of likely N-dealkylation sites (N-methyl/N-ethyl adjacent to an activating group) is 1. The number of amides is 5. The first-order valence-electron chi connectivity index (χ1n) is 10.8. The van der Waals surface area contributed by atoms with Crippen molar-refractivity contribution in [2.24, 2.45) is 0 Å². The summed E-state index contributed by atoms with van der Waals surface area (Å²) in [6.45, 7) is 1.34. The van der Waals surface area contributed by atoms with Crippen LogP contribution in [-0.4, -0.2) is 73.6 Å². The van der Waals surface area contributed by atoms with E-state index in [4.69, 9.17) is 0 Å². The summed E-state index contributed by atoms with van der Waals surface area (Å²) in [5.74, 6) is -0.973. The smallest absolute Gasteiger partial charge is 0.325 e. The van der Waals surface area contributed by atoms with Gasteiger partial charge in [0.25, 0.3) is 5.91 Å².